The van der Waals surface area contributed by atoms with Gasteiger partial charge in [0.1, 0.15) is 5.82 Å². The number of sulfonamides is 1. The number of H-pyrrole nitrogens is 1. The molecule has 0 aliphatic carbocycles. The highest BCUT2D eigenvalue weighted by Gasteiger charge is 2.13. The van der Waals surface area contributed by atoms with Crippen molar-refractivity contribution in [2.45, 2.75) is 18.2 Å². The fourth-order valence-electron chi connectivity index (χ4n) is 2.49. The number of fused-ring (bicyclic) bond motifs is 1. The Labute approximate surface area is 134 Å². The van der Waals surface area contributed by atoms with Crippen LogP contribution in [0.25, 0.3) is 10.9 Å². The minimum Gasteiger partial charge on any atom is -0.361 e. The highest BCUT2D eigenvalue weighted by molar-refractivity contribution is 7.89. The van der Waals surface area contributed by atoms with Crippen LogP contribution in [0.1, 0.15) is 11.1 Å². The van der Waals surface area contributed by atoms with Gasteiger partial charge in [0.25, 0.3) is 0 Å². The number of rotatable bonds is 5. The SMILES string of the molecule is Cc1ccc(S(=O)(=O)NCCc2c[nH]c3cc(F)ccc23)cc1. The molecule has 120 valence electrons. The minimum atomic E-state index is -3.51. The second-order valence-electron chi connectivity index (χ2n) is 5.46. The zero-order chi connectivity index (χ0) is 16.4. The van der Waals surface area contributed by atoms with Crippen molar-refractivity contribution < 1.29 is 12.8 Å². The molecule has 0 unspecified atom stereocenters. The lowest BCUT2D eigenvalue weighted by molar-refractivity contribution is 0.581. The van der Waals surface area contributed by atoms with Gasteiger partial charge in [0.05, 0.1) is 4.90 Å². The van der Waals surface area contributed by atoms with Crippen molar-refractivity contribution in [1.82, 2.24) is 9.71 Å². The number of aromatic amines is 1. The molecule has 0 saturated carbocycles. The molecule has 0 aliphatic heterocycles. The molecule has 23 heavy (non-hydrogen) atoms. The number of aromatic nitrogens is 1. The molecule has 0 spiro atoms. The third-order valence-corrected chi connectivity index (χ3v) is 5.22. The summed E-state index contributed by atoms with van der Waals surface area (Å²) >= 11 is 0. The number of halogens is 1. The summed E-state index contributed by atoms with van der Waals surface area (Å²) < 4.78 is 40.2. The average Bonchev–Trinajstić information content (AvgIpc) is 2.90. The summed E-state index contributed by atoms with van der Waals surface area (Å²) in [4.78, 5) is 3.25. The second kappa shape index (κ2) is 6.14. The molecule has 3 rings (SSSR count). The summed E-state index contributed by atoms with van der Waals surface area (Å²) in [5.74, 6) is -0.300. The molecule has 0 aliphatic rings. The molecule has 2 N–H and O–H groups in total. The summed E-state index contributed by atoms with van der Waals surface area (Å²) in [6.07, 6.45) is 2.31. The highest BCUT2D eigenvalue weighted by Crippen LogP contribution is 2.19. The molecule has 6 heteroatoms. The van der Waals surface area contributed by atoms with Crippen LogP contribution in [-0.4, -0.2) is 19.9 Å². The van der Waals surface area contributed by atoms with Gasteiger partial charge in [-0.15, -0.1) is 0 Å². The van der Waals surface area contributed by atoms with Crippen LogP contribution < -0.4 is 4.72 Å². The van der Waals surface area contributed by atoms with Crippen LogP contribution in [0.3, 0.4) is 0 Å². The molecule has 2 aromatic carbocycles. The van der Waals surface area contributed by atoms with Crippen LogP contribution in [0.15, 0.2) is 53.6 Å². The van der Waals surface area contributed by atoms with Crippen LogP contribution in [0.2, 0.25) is 0 Å². The highest BCUT2D eigenvalue weighted by atomic mass is 32.2. The molecule has 1 aromatic heterocycles. The van der Waals surface area contributed by atoms with Crippen LogP contribution in [-0.2, 0) is 16.4 Å². The Morgan fingerprint density at radius 1 is 1.13 bits per heavy atom. The third kappa shape index (κ3) is 3.43. The Hall–Kier alpha value is -2.18. The second-order valence-corrected chi connectivity index (χ2v) is 7.23. The van der Waals surface area contributed by atoms with E-state index in [-0.39, 0.29) is 17.3 Å². The summed E-state index contributed by atoms with van der Waals surface area (Å²) in [5, 5.41) is 0.904. The van der Waals surface area contributed by atoms with Gasteiger partial charge >= 0.3 is 0 Å². The summed E-state index contributed by atoms with van der Waals surface area (Å²) in [6.45, 7) is 2.18. The third-order valence-electron chi connectivity index (χ3n) is 3.75. The topological polar surface area (TPSA) is 62.0 Å². The van der Waals surface area contributed by atoms with Gasteiger partial charge in [0.15, 0.2) is 0 Å². The quantitative estimate of drug-likeness (QED) is 0.754. The molecule has 0 saturated heterocycles. The molecule has 0 amide bonds. The number of hydrogen-bond acceptors (Lipinski definition) is 2. The van der Waals surface area contributed by atoms with E-state index in [4.69, 9.17) is 0 Å². The molecule has 0 atom stereocenters. The molecule has 0 radical (unpaired) electrons. The first-order valence-corrected chi connectivity index (χ1v) is 8.76. The normalized spacial score (nSPS) is 11.9. The number of nitrogens with one attached hydrogen (secondary N) is 2. The van der Waals surface area contributed by atoms with Gasteiger partial charge in [0, 0.05) is 23.6 Å². The predicted molar refractivity (Wildman–Crippen MR) is 88.3 cm³/mol. The van der Waals surface area contributed by atoms with Gasteiger partial charge in [-0.25, -0.2) is 17.5 Å². The Bertz CT molecular complexity index is 931. The van der Waals surface area contributed by atoms with E-state index in [1.807, 2.05) is 6.92 Å². The van der Waals surface area contributed by atoms with E-state index in [9.17, 15) is 12.8 Å². The Kier molecular flexibility index (Phi) is 4.19. The maximum atomic E-state index is 13.2. The van der Waals surface area contributed by atoms with Crippen molar-refractivity contribution in [3.63, 3.8) is 0 Å². The van der Waals surface area contributed by atoms with Crippen LogP contribution in [0.4, 0.5) is 4.39 Å². The summed E-state index contributed by atoms with van der Waals surface area (Å²) in [7, 11) is -3.51. The summed E-state index contributed by atoms with van der Waals surface area (Å²) in [5.41, 5.74) is 2.67. The maximum Gasteiger partial charge on any atom is 0.240 e. The minimum absolute atomic E-state index is 0.254. The fraction of sp³-hybridized carbons (Fsp3) is 0.176. The molecule has 0 bridgehead atoms. The Morgan fingerprint density at radius 2 is 1.87 bits per heavy atom. The van der Waals surface area contributed by atoms with Crippen molar-refractivity contribution in [3.8, 4) is 0 Å². The molecule has 0 fully saturated rings. The Morgan fingerprint density at radius 3 is 2.61 bits per heavy atom. The maximum absolute atomic E-state index is 13.2. The number of aryl methyl sites for hydroxylation is 1. The van der Waals surface area contributed by atoms with Crippen LogP contribution in [0.5, 0.6) is 0 Å². The zero-order valence-corrected chi connectivity index (χ0v) is 13.5. The first-order chi connectivity index (χ1) is 11.0. The lowest BCUT2D eigenvalue weighted by Gasteiger charge is -2.07. The molecule has 4 nitrogen and oxygen atoms in total. The molecule has 3 aromatic rings. The van der Waals surface area contributed by atoms with Crippen LogP contribution in [0, 0.1) is 12.7 Å². The first-order valence-electron chi connectivity index (χ1n) is 7.27. The largest absolute Gasteiger partial charge is 0.361 e. The van der Waals surface area contributed by atoms with E-state index in [0.29, 0.717) is 11.9 Å². The lowest BCUT2D eigenvalue weighted by Crippen LogP contribution is -2.25. The molecular formula is C17H17FN2O2S. The van der Waals surface area contributed by atoms with Gasteiger partial charge in [-0.05, 0) is 49.2 Å². The van der Waals surface area contributed by atoms with Crippen molar-refractivity contribution in [2.24, 2.45) is 0 Å². The van der Waals surface area contributed by atoms with E-state index in [1.165, 1.54) is 12.1 Å². The van der Waals surface area contributed by atoms with Crippen molar-refractivity contribution >= 4 is 20.9 Å². The predicted octanol–water partition coefficient (Wildman–Crippen LogP) is 3.14. The fourth-order valence-corrected chi connectivity index (χ4v) is 3.52. The van der Waals surface area contributed by atoms with Gasteiger partial charge in [-0.2, -0.15) is 0 Å². The monoisotopic (exact) mass is 332 g/mol. The summed E-state index contributed by atoms with van der Waals surface area (Å²) in [6, 6.07) is 11.2. The van der Waals surface area contributed by atoms with Gasteiger partial charge in [0.2, 0.25) is 10.0 Å². The van der Waals surface area contributed by atoms with Gasteiger partial charge in [-0.1, -0.05) is 17.7 Å². The lowest BCUT2D eigenvalue weighted by atomic mass is 10.1. The average molecular weight is 332 g/mol. The smallest absolute Gasteiger partial charge is 0.240 e. The van der Waals surface area contributed by atoms with Crippen molar-refractivity contribution in [2.75, 3.05) is 6.54 Å². The van der Waals surface area contributed by atoms with Gasteiger partial charge < -0.3 is 4.98 Å². The number of benzene rings is 2. The number of hydrogen-bond donors (Lipinski definition) is 2. The van der Waals surface area contributed by atoms with E-state index < -0.39 is 10.0 Å². The first kappa shape index (κ1) is 15.7. The van der Waals surface area contributed by atoms with E-state index in [2.05, 4.69) is 9.71 Å². The van der Waals surface area contributed by atoms with Crippen LogP contribution >= 0.6 is 0 Å². The van der Waals surface area contributed by atoms with Crippen molar-refractivity contribution in [3.05, 3.63) is 65.6 Å². The van der Waals surface area contributed by atoms with E-state index >= 15 is 0 Å². The van der Waals surface area contributed by atoms with Crippen molar-refractivity contribution in [1.29, 1.82) is 0 Å². The van der Waals surface area contributed by atoms with E-state index in [0.717, 1.165) is 16.5 Å². The molecule has 1 heterocycles. The molecular weight excluding hydrogens is 315 g/mol. The van der Waals surface area contributed by atoms with E-state index in [1.54, 1.807) is 36.5 Å². The zero-order valence-electron chi connectivity index (χ0n) is 12.6. The van der Waals surface area contributed by atoms with Gasteiger partial charge in [-0.3, -0.25) is 0 Å². The standard InChI is InChI=1S/C17H17FN2O2S/c1-12-2-5-15(6-3-12)23(21,22)20-9-8-13-11-19-17-10-14(18)4-7-16(13)17/h2-7,10-11,19-20H,8-9H2,1H3. The Balaban J connectivity index is 1.69.